The number of nitrogens with zero attached hydrogens (tertiary/aromatic N) is 2. The molecule has 2 heterocycles. The van der Waals surface area contributed by atoms with Gasteiger partial charge in [0.2, 0.25) is 16.8 Å². The molecule has 0 bridgehead atoms. The number of hydrogen-bond acceptors (Lipinski definition) is 9. The van der Waals surface area contributed by atoms with E-state index in [9.17, 15) is 9.47 Å². The zero-order chi connectivity index (χ0) is 30.5. The van der Waals surface area contributed by atoms with Gasteiger partial charge in [-0.15, -0.1) is 0 Å². The van der Waals surface area contributed by atoms with Crippen LogP contribution in [0, 0.1) is 0 Å². The van der Waals surface area contributed by atoms with Crippen LogP contribution in [-0.2, 0) is 24.9 Å². The monoisotopic (exact) mass is 650 g/mol. The second-order valence-electron chi connectivity index (χ2n) is 10.1. The minimum absolute atomic E-state index is 0.175. The summed E-state index contributed by atoms with van der Waals surface area (Å²) in [5.41, 5.74) is 4.14. The van der Waals surface area contributed by atoms with Crippen molar-refractivity contribution >= 4 is 67.5 Å². The van der Waals surface area contributed by atoms with E-state index in [1.807, 2.05) is 49.4 Å². The number of thiazole rings is 1. The molecule has 0 saturated heterocycles. The Kier molecular flexibility index (Phi) is 9.89. The van der Waals surface area contributed by atoms with E-state index >= 15 is 0 Å². The van der Waals surface area contributed by atoms with Crippen LogP contribution in [0.3, 0.4) is 0 Å². The Bertz CT molecular complexity index is 1810. The van der Waals surface area contributed by atoms with Crippen LogP contribution in [0.4, 0.5) is 5.69 Å². The Morgan fingerprint density at radius 2 is 1.89 bits per heavy atom. The van der Waals surface area contributed by atoms with Gasteiger partial charge in [-0.05, 0) is 53.6 Å². The third-order valence-corrected chi connectivity index (χ3v) is 9.76. The molecule has 6 rings (SSSR count). The van der Waals surface area contributed by atoms with Gasteiger partial charge >= 0.3 is 11.4 Å². The number of ether oxygens (including phenoxy) is 1. The Labute approximate surface area is 265 Å². The average Bonchev–Trinajstić information content (AvgIpc) is 3.59. The Morgan fingerprint density at radius 1 is 1.07 bits per heavy atom. The van der Waals surface area contributed by atoms with Crippen LogP contribution >= 0.6 is 23.4 Å². The van der Waals surface area contributed by atoms with Crippen molar-refractivity contribution in [3.05, 3.63) is 95.8 Å². The van der Waals surface area contributed by atoms with E-state index < -0.39 is 11.4 Å². The highest BCUT2D eigenvalue weighted by atomic mass is 32.2. The zero-order valence-corrected chi connectivity index (χ0v) is 26.2. The third kappa shape index (κ3) is 6.53. The summed E-state index contributed by atoms with van der Waals surface area (Å²) >= 11 is 0.319. The minimum atomic E-state index is -2.29. The Balaban J connectivity index is 1.44. The molecule has 0 aliphatic carbocycles. The Morgan fingerprint density at radius 3 is 2.68 bits per heavy atom. The number of rotatable bonds is 13. The van der Waals surface area contributed by atoms with Gasteiger partial charge in [-0.2, -0.15) is 13.1 Å². The number of anilines is 1. The number of fused-ring (bicyclic) bond motifs is 4. The molecule has 5 aromatic rings. The highest BCUT2D eigenvalue weighted by Gasteiger charge is 2.33. The molecule has 1 aliphatic heterocycles. The molecular weight excluding hydrogens is 621 g/mol. The van der Waals surface area contributed by atoms with Crippen molar-refractivity contribution in [1.29, 1.82) is 0 Å². The molecule has 2 unspecified atom stereocenters. The maximum absolute atomic E-state index is 11.0. The molecule has 9 nitrogen and oxygen atoms in total. The highest BCUT2D eigenvalue weighted by molar-refractivity contribution is 7.94. The molecule has 0 spiro atoms. The predicted octanol–water partition coefficient (Wildman–Crippen LogP) is 6.92. The molecule has 2 atom stereocenters. The van der Waals surface area contributed by atoms with Crippen LogP contribution in [0.15, 0.2) is 90.8 Å². The van der Waals surface area contributed by atoms with Crippen molar-refractivity contribution in [3.8, 4) is 16.9 Å². The van der Waals surface area contributed by atoms with Crippen molar-refractivity contribution in [2.45, 2.75) is 31.6 Å². The highest BCUT2D eigenvalue weighted by Crippen LogP contribution is 2.43. The van der Waals surface area contributed by atoms with Gasteiger partial charge in [-0.1, -0.05) is 78.9 Å². The maximum atomic E-state index is 11.0. The van der Waals surface area contributed by atoms with Gasteiger partial charge in [-0.25, -0.2) is 0 Å². The summed E-state index contributed by atoms with van der Waals surface area (Å²) in [6, 6.07) is 28.8. The van der Waals surface area contributed by atoms with Gasteiger partial charge in [0.1, 0.15) is 16.7 Å². The molecule has 0 fully saturated rings. The molecule has 1 N–H and O–H groups in total. The molecule has 228 valence electrons. The summed E-state index contributed by atoms with van der Waals surface area (Å²) in [4.78, 5) is 2.13. The van der Waals surface area contributed by atoms with Crippen LogP contribution in [-0.4, -0.2) is 21.9 Å². The van der Waals surface area contributed by atoms with E-state index in [-0.39, 0.29) is 12.0 Å². The van der Waals surface area contributed by atoms with E-state index in [0.29, 0.717) is 31.7 Å². The summed E-state index contributed by atoms with van der Waals surface area (Å²) in [5.74, 6) is 1.40. The fraction of sp³-hybridized carbons (Fsp3) is 0.219. The standard InChI is InChI=1S/C32H30N2O7S3/c1-2-30(43-41-40-35)34-31(42-28-17-15-23-12-6-7-13-25(23)32(28)34)21-29-33(18-8-9-19-38-44(36)37)26-20-24(14-16-27(26)39-29)22-10-4-3-5-11-22/h3-7,10-17,20-21,30H,2,8-9,18-19H2,1H3,(H-,35,36,37). The van der Waals surface area contributed by atoms with Gasteiger partial charge in [0, 0.05) is 13.0 Å². The van der Waals surface area contributed by atoms with Crippen molar-refractivity contribution in [2.75, 3.05) is 18.1 Å². The van der Waals surface area contributed by atoms with Crippen LogP contribution in [0.2, 0.25) is 0 Å². The van der Waals surface area contributed by atoms with Crippen molar-refractivity contribution in [1.82, 2.24) is 0 Å². The summed E-state index contributed by atoms with van der Waals surface area (Å²) in [5, 5.41) is 17.4. The molecule has 4 aromatic carbocycles. The molecule has 0 radical (unpaired) electrons. The average molecular weight is 651 g/mol. The van der Waals surface area contributed by atoms with Crippen molar-refractivity contribution < 1.29 is 36.9 Å². The molecule has 0 saturated carbocycles. The van der Waals surface area contributed by atoms with Gasteiger partial charge in [0.25, 0.3) is 5.01 Å². The third-order valence-electron chi connectivity index (χ3n) is 7.42. The summed E-state index contributed by atoms with van der Waals surface area (Å²) in [6.07, 6.45) is 4.00. The van der Waals surface area contributed by atoms with Gasteiger partial charge in [0.15, 0.2) is 5.75 Å². The number of aromatic nitrogens is 1. The number of benzene rings is 4. The topological polar surface area (TPSA) is 104 Å². The summed E-state index contributed by atoms with van der Waals surface area (Å²) in [6.45, 7) is 2.81. The summed E-state index contributed by atoms with van der Waals surface area (Å²) in [7, 11) is 0. The normalized spacial score (nSPS) is 15.2. The van der Waals surface area contributed by atoms with Crippen LogP contribution in [0.5, 0.6) is 5.75 Å². The second-order valence-corrected chi connectivity index (χ2v) is 12.7. The van der Waals surface area contributed by atoms with E-state index in [4.69, 9.17) is 17.8 Å². The smallest absolute Gasteiger partial charge is 0.301 e. The first kappa shape index (κ1) is 30.7. The summed E-state index contributed by atoms with van der Waals surface area (Å²) < 4.78 is 39.4. The largest absolute Gasteiger partial charge is 0.691 e. The first-order valence-corrected chi connectivity index (χ1v) is 16.8. The first-order chi connectivity index (χ1) is 21.6. The molecule has 44 heavy (non-hydrogen) atoms. The van der Waals surface area contributed by atoms with Crippen LogP contribution in [0.1, 0.15) is 36.6 Å². The molecule has 0 amide bonds. The van der Waals surface area contributed by atoms with Crippen molar-refractivity contribution in [3.63, 3.8) is 0 Å². The SMILES string of the molecule is CCC(SOO[O-])[n+]1c(C=C2Oc3ccc(-c4ccccc4)cc3N2CCCCOS(=O)O)sc2ccc3ccccc3c21. The van der Waals surface area contributed by atoms with E-state index in [0.717, 1.165) is 60.6 Å². The van der Waals surface area contributed by atoms with Gasteiger partial charge in [-0.3, -0.25) is 13.8 Å². The second kappa shape index (κ2) is 14.2. The van der Waals surface area contributed by atoms with Gasteiger partial charge in [0.05, 0.1) is 23.8 Å². The van der Waals surface area contributed by atoms with Gasteiger partial charge < -0.3 is 14.9 Å². The lowest BCUT2D eigenvalue weighted by Crippen LogP contribution is -2.39. The molecule has 12 heteroatoms. The fourth-order valence-corrected chi connectivity index (χ4v) is 7.47. The first-order valence-electron chi connectivity index (χ1n) is 14.2. The maximum Gasteiger partial charge on any atom is 0.301 e. The van der Waals surface area contributed by atoms with Crippen LogP contribution in [0.25, 0.3) is 38.2 Å². The quantitative estimate of drug-likeness (QED) is 0.0363. The predicted molar refractivity (Wildman–Crippen MR) is 172 cm³/mol. The lowest BCUT2D eigenvalue weighted by atomic mass is 10.0. The number of hydrogen-bond donors (Lipinski definition) is 1. The fourth-order valence-electron chi connectivity index (χ4n) is 5.44. The zero-order valence-electron chi connectivity index (χ0n) is 23.8. The Hall–Kier alpha value is -3.33. The lowest BCUT2D eigenvalue weighted by Gasteiger charge is -2.18. The van der Waals surface area contributed by atoms with E-state index in [1.165, 1.54) is 0 Å². The minimum Gasteiger partial charge on any atom is -0.691 e. The van der Waals surface area contributed by atoms with E-state index in [2.05, 4.69) is 63.0 Å². The molecule has 1 aliphatic rings. The number of unbranched alkanes of at least 4 members (excludes halogenated alkanes) is 1. The van der Waals surface area contributed by atoms with Crippen molar-refractivity contribution in [2.24, 2.45) is 0 Å². The molecule has 1 aromatic heterocycles. The lowest BCUT2D eigenvalue weighted by molar-refractivity contribution is -0.778. The van der Waals surface area contributed by atoms with Crippen LogP contribution < -0.4 is 19.5 Å². The molecular formula is C32H30N2O7S3. The van der Waals surface area contributed by atoms with E-state index in [1.54, 1.807) is 11.3 Å².